The fourth-order valence-electron chi connectivity index (χ4n) is 2.01. The predicted octanol–water partition coefficient (Wildman–Crippen LogP) is 2.16. The van der Waals surface area contributed by atoms with Gasteiger partial charge in [-0.2, -0.15) is 0 Å². The predicted molar refractivity (Wildman–Crippen MR) is 66.6 cm³/mol. The van der Waals surface area contributed by atoms with Crippen LogP contribution in [0.2, 0.25) is 0 Å². The van der Waals surface area contributed by atoms with Crippen molar-refractivity contribution in [1.82, 2.24) is 10.2 Å². The fourth-order valence-corrected chi connectivity index (χ4v) is 3.10. The second kappa shape index (κ2) is 5.10. The van der Waals surface area contributed by atoms with Crippen LogP contribution in [0.5, 0.6) is 0 Å². The van der Waals surface area contributed by atoms with Gasteiger partial charge in [-0.1, -0.05) is 0 Å². The fraction of sp³-hybridized carbons (Fsp3) is 0.667. The number of hydrogen-bond donors (Lipinski definition) is 1. The third kappa shape index (κ3) is 3.03. The lowest BCUT2D eigenvalue weighted by atomic mass is 10.3. The summed E-state index contributed by atoms with van der Waals surface area (Å²) in [6.45, 7) is 10.3. The third-order valence-corrected chi connectivity index (χ3v) is 4.17. The summed E-state index contributed by atoms with van der Waals surface area (Å²) in [6, 6.07) is 2.35. The Bertz CT molecular complexity index is 292. The van der Waals surface area contributed by atoms with Crippen molar-refractivity contribution in [3.8, 4) is 0 Å². The number of hydrogen-bond acceptors (Lipinski definition) is 3. The second-order valence-electron chi connectivity index (χ2n) is 4.33. The van der Waals surface area contributed by atoms with Crippen LogP contribution in [0.4, 0.5) is 0 Å². The van der Waals surface area contributed by atoms with E-state index in [2.05, 4.69) is 30.1 Å². The Labute approximate surface area is 96.3 Å². The van der Waals surface area contributed by atoms with E-state index in [0.29, 0.717) is 0 Å². The first-order chi connectivity index (χ1) is 7.25. The van der Waals surface area contributed by atoms with E-state index in [9.17, 15) is 0 Å². The molecule has 1 fully saturated rings. The molecule has 0 atom stereocenters. The van der Waals surface area contributed by atoms with Gasteiger partial charge in [-0.05, 0) is 45.0 Å². The molecule has 0 amide bonds. The number of thiophene rings is 1. The van der Waals surface area contributed by atoms with Gasteiger partial charge >= 0.3 is 0 Å². The summed E-state index contributed by atoms with van der Waals surface area (Å²) >= 11 is 1.95. The standard InChI is InChI=1S/C12H20N2S/c1-10-8-12(15-11(10)2)9-14-6-3-4-13-5-7-14/h8,13H,3-7,9H2,1-2H3. The first-order valence-corrected chi connectivity index (χ1v) is 6.56. The van der Waals surface area contributed by atoms with Crippen LogP contribution < -0.4 is 5.32 Å². The van der Waals surface area contributed by atoms with Crippen molar-refractivity contribution < 1.29 is 0 Å². The molecule has 1 aromatic heterocycles. The molecule has 0 radical (unpaired) electrons. The van der Waals surface area contributed by atoms with Crippen molar-refractivity contribution in [3.05, 3.63) is 21.4 Å². The molecule has 2 nitrogen and oxygen atoms in total. The van der Waals surface area contributed by atoms with Gasteiger partial charge in [0.1, 0.15) is 0 Å². The van der Waals surface area contributed by atoms with Gasteiger partial charge in [0.2, 0.25) is 0 Å². The lowest BCUT2D eigenvalue weighted by molar-refractivity contribution is 0.287. The Hall–Kier alpha value is -0.380. The van der Waals surface area contributed by atoms with Gasteiger partial charge in [-0.3, -0.25) is 4.90 Å². The molecule has 0 saturated carbocycles. The van der Waals surface area contributed by atoms with Gasteiger partial charge in [0.05, 0.1) is 0 Å². The smallest absolute Gasteiger partial charge is 0.0328 e. The first-order valence-electron chi connectivity index (χ1n) is 5.74. The summed E-state index contributed by atoms with van der Waals surface area (Å²) in [5, 5.41) is 3.44. The average Bonchev–Trinajstić information content (AvgIpc) is 2.45. The zero-order valence-electron chi connectivity index (χ0n) is 9.68. The van der Waals surface area contributed by atoms with Crippen molar-refractivity contribution in [2.45, 2.75) is 26.8 Å². The zero-order valence-corrected chi connectivity index (χ0v) is 10.5. The normalized spacial score (nSPS) is 19.1. The maximum absolute atomic E-state index is 3.44. The number of aryl methyl sites for hydroxylation is 2. The highest BCUT2D eigenvalue weighted by Gasteiger charge is 2.10. The zero-order chi connectivity index (χ0) is 10.7. The van der Waals surface area contributed by atoms with Crippen molar-refractivity contribution in [3.63, 3.8) is 0 Å². The van der Waals surface area contributed by atoms with Crippen LogP contribution in [0, 0.1) is 13.8 Å². The molecule has 0 spiro atoms. The van der Waals surface area contributed by atoms with Crippen LogP contribution in [0.25, 0.3) is 0 Å². The molecule has 1 N–H and O–H groups in total. The molecule has 1 aromatic rings. The van der Waals surface area contributed by atoms with Gasteiger partial charge in [0, 0.05) is 29.4 Å². The van der Waals surface area contributed by atoms with Crippen molar-refractivity contribution in [2.75, 3.05) is 26.2 Å². The summed E-state index contributed by atoms with van der Waals surface area (Å²) in [7, 11) is 0. The Morgan fingerprint density at radius 3 is 2.93 bits per heavy atom. The second-order valence-corrected chi connectivity index (χ2v) is 5.67. The maximum atomic E-state index is 3.44. The van der Waals surface area contributed by atoms with E-state index < -0.39 is 0 Å². The van der Waals surface area contributed by atoms with Crippen molar-refractivity contribution in [2.24, 2.45) is 0 Å². The van der Waals surface area contributed by atoms with E-state index >= 15 is 0 Å². The van der Waals surface area contributed by atoms with Crippen molar-refractivity contribution in [1.29, 1.82) is 0 Å². The minimum Gasteiger partial charge on any atom is -0.315 e. The van der Waals surface area contributed by atoms with Gasteiger partial charge in [0.25, 0.3) is 0 Å². The molecule has 1 saturated heterocycles. The minimum atomic E-state index is 1.14. The summed E-state index contributed by atoms with van der Waals surface area (Å²) in [5.41, 5.74) is 1.45. The Kier molecular flexibility index (Phi) is 3.78. The maximum Gasteiger partial charge on any atom is 0.0328 e. The molecular formula is C12H20N2S. The lowest BCUT2D eigenvalue weighted by Gasteiger charge is -2.17. The lowest BCUT2D eigenvalue weighted by Crippen LogP contribution is -2.27. The van der Waals surface area contributed by atoms with Crippen LogP contribution in [0.3, 0.4) is 0 Å². The third-order valence-electron chi connectivity index (χ3n) is 3.03. The highest BCUT2D eigenvalue weighted by Crippen LogP contribution is 2.22. The number of rotatable bonds is 2. The summed E-state index contributed by atoms with van der Waals surface area (Å²) in [6.07, 6.45) is 1.28. The number of nitrogens with one attached hydrogen (secondary N) is 1. The summed E-state index contributed by atoms with van der Waals surface area (Å²) < 4.78 is 0. The van der Waals surface area contributed by atoms with Crippen LogP contribution in [0.15, 0.2) is 6.07 Å². The minimum absolute atomic E-state index is 1.14. The van der Waals surface area contributed by atoms with E-state index in [-0.39, 0.29) is 0 Å². The highest BCUT2D eigenvalue weighted by molar-refractivity contribution is 7.12. The Balaban J connectivity index is 1.95. The molecule has 2 heterocycles. The molecule has 15 heavy (non-hydrogen) atoms. The molecule has 3 heteroatoms. The first kappa shape index (κ1) is 11.1. The van der Waals surface area contributed by atoms with Gasteiger partial charge < -0.3 is 5.32 Å². The molecule has 1 aliphatic rings. The molecule has 0 aromatic carbocycles. The average molecular weight is 224 g/mol. The molecule has 0 unspecified atom stereocenters. The molecule has 84 valence electrons. The largest absolute Gasteiger partial charge is 0.315 e. The van der Waals surface area contributed by atoms with Gasteiger partial charge in [0.15, 0.2) is 0 Å². The van der Waals surface area contributed by atoms with Crippen LogP contribution >= 0.6 is 11.3 Å². The SMILES string of the molecule is Cc1cc(CN2CCCNCC2)sc1C. The molecule has 0 aliphatic carbocycles. The molecule has 1 aliphatic heterocycles. The van der Waals surface area contributed by atoms with E-state index in [1.807, 2.05) is 11.3 Å². The molecular weight excluding hydrogens is 204 g/mol. The Morgan fingerprint density at radius 2 is 2.20 bits per heavy atom. The van der Waals surface area contributed by atoms with E-state index in [0.717, 1.165) is 13.1 Å². The van der Waals surface area contributed by atoms with Crippen LogP contribution in [-0.4, -0.2) is 31.1 Å². The van der Waals surface area contributed by atoms with Gasteiger partial charge in [-0.15, -0.1) is 11.3 Å². The number of nitrogens with zero attached hydrogens (tertiary/aromatic N) is 1. The van der Waals surface area contributed by atoms with Crippen LogP contribution in [-0.2, 0) is 6.54 Å². The summed E-state index contributed by atoms with van der Waals surface area (Å²) in [4.78, 5) is 5.55. The van der Waals surface area contributed by atoms with Gasteiger partial charge in [-0.25, -0.2) is 0 Å². The Morgan fingerprint density at radius 1 is 1.33 bits per heavy atom. The topological polar surface area (TPSA) is 15.3 Å². The van der Waals surface area contributed by atoms with E-state index in [1.54, 1.807) is 0 Å². The summed E-state index contributed by atoms with van der Waals surface area (Å²) in [5.74, 6) is 0. The highest BCUT2D eigenvalue weighted by atomic mass is 32.1. The van der Waals surface area contributed by atoms with E-state index in [4.69, 9.17) is 0 Å². The molecule has 0 bridgehead atoms. The monoisotopic (exact) mass is 224 g/mol. The quantitative estimate of drug-likeness (QED) is 0.828. The molecule has 2 rings (SSSR count). The van der Waals surface area contributed by atoms with E-state index in [1.165, 1.54) is 41.4 Å². The van der Waals surface area contributed by atoms with Crippen molar-refractivity contribution >= 4 is 11.3 Å². The van der Waals surface area contributed by atoms with Crippen LogP contribution in [0.1, 0.15) is 21.7 Å².